The van der Waals surface area contributed by atoms with E-state index in [-0.39, 0.29) is 29.3 Å². The fourth-order valence-electron chi connectivity index (χ4n) is 3.29. The van der Waals surface area contributed by atoms with Crippen LogP contribution in [0.4, 0.5) is 5.69 Å². The van der Waals surface area contributed by atoms with Gasteiger partial charge >= 0.3 is 5.82 Å². The molecule has 0 fully saturated rings. The largest absolute Gasteiger partial charge is 1.00 e. The Morgan fingerprint density at radius 2 is 1.71 bits per heavy atom. The van der Waals surface area contributed by atoms with E-state index in [1.165, 1.54) is 0 Å². The molecular formula is C26H33BrN4O3. The normalized spacial score (nSPS) is 11.3. The van der Waals surface area contributed by atoms with Gasteiger partial charge in [0, 0.05) is 25.2 Å². The van der Waals surface area contributed by atoms with Gasteiger partial charge in [0.1, 0.15) is 12.7 Å². The first kappa shape index (κ1) is 27.1. The summed E-state index contributed by atoms with van der Waals surface area (Å²) in [6.07, 6.45) is 5.54. The molecule has 182 valence electrons. The summed E-state index contributed by atoms with van der Waals surface area (Å²) < 4.78 is 14.6. The molecule has 0 bridgehead atoms. The number of Topliss-reactive ketones (excluding diaryl/α,β-unsaturated/α-hetero) is 1. The quantitative estimate of drug-likeness (QED) is 0.323. The van der Waals surface area contributed by atoms with E-state index in [0.29, 0.717) is 11.5 Å². The smallest absolute Gasteiger partial charge is 0.314 e. The first-order chi connectivity index (χ1) is 15.6. The van der Waals surface area contributed by atoms with E-state index >= 15 is 0 Å². The summed E-state index contributed by atoms with van der Waals surface area (Å²) in [4.78, 5) is 14.9. The Labute approximate surface area is 212 Å². The summed E-state index contributed by atoms with van der Waals surface area (Å²) in [5, 5.41) is 4.69. The van der Waals surface area contributed by atoms with Gasteiger partial charge < -0.3 is 31.4 Å². The molecule has 7 nitrogen and oxygen atoms in total. The molecule has 1 heterocycles. The molecule has 0 saturated heterocycles. The van der Waals surface area contributed by atoms with E-state index in [0.717, 1.165) is 22.6 Å². The second-order valence-electron chi connectivity index (χ2n) is 9.07. The number of carbonyl (C=O) groups is 1. The van der Waals surface area contributed by atoms with Gasteiger partial charge in [-0.05, 0) is 35.9 Å². The van der Waals surface area contributed by atoms with Crippen molar-refractivity contribution >= 4 is 17.7 Å². The third-order valence-corrected chi connectivity index (χ3v) is 5.41. The van der Waals surface area contributed by atoms with Crippen LogP contribution in [0.1, 0.15) is 26.3 Å². The van der Waals surface area contributed by atoms with Crippen molar-refractivity contribution in [3.63, 3.8) is 0 Å². The Kier molecular flexibility index (Phi) is 9.04. The van der Waals surface area contributed by atoms with Crippen molar-refractivity contribution in [1.82, 2.24) is 4.57 Å². The fraction of sp³-hybridized carbons (Fsp3) is 0.346. The number of methoxy groups -OCH3 is 2. The van der Waals surface area contributed by atoms with Gasteiger partial charge in [0.15, 0.2) is 23.5 Å². The number of nitrogens with zero attached hydrogens (tertiary/aromatic N) is 4. The van der Waals surface area contributed by atoms with Crippen molar-refractivity contribution in [2.24, 2.45) is 10.5 Å². The minimum absolute atomic E-state index is 0. The van der Waals surface area contributed by atoms with Crippen LogP contribution in [0.5, 0.6) is 11.5 Å². The molecular weight excluding hydrogens is 496 g/mol. The van der Waals surface area contributed by atoms with Gasteiger partial charge in [-0.2, -0.15) is 0 Å². The number of hydrogen-bond acceptors (Lipinski definition) is 5. The minimum Gasteiger partial charge on any atom is -1.00 e. The van der Waals surface area contributed by atoms with Gasteiger partial charge in [0.2, 0.25) is 0 Å². The zero-order valence-electron chi connectivity index (χ0n) is 20.9. The number of ketones is 1. The lowest BCUT2D eigenvalue weighted by Gasteiger charge is -2.15. The van der Waals surface area contributed by atoms with Crippen LogP contribution in [0.15, 0.2) is 60.0 Å². The van der Waals surface area contributed by atoms with Gasteiger partial charge in [0.05, 0.1) is 26.0 Å². The van der Waals surface area contributed by atoms with Crippen molar-refractivity contribution in [3.05, 3.63) is 60.4 Å². The number of carbonyl (C=O) groups excluding carboxylic acids is 1. The molecule has 0 amide bonds. The van der Waals surface area contributed by atoms with Crippen LogP contribution in [0, 0.1) is 5.41 Å². The zero-order valence-corrected chi connectivity index (χ0v) is 22.5. The summed E-state index contributed by atoms with van der Waals surface area (Å²) >= 11 is 0. The monoisotopic (exact) mass is 528 g/mol. The summed E-state index contributed by atoms with van der Waals surface area (Å²) in [5.41, 5.74) is 2.52. The molecule has 0 spiro atoms. The van der Waals surface area contributed by atoms with Gasteiger partial charge in [-0.15, -0.1) is 4.68 Å². The highest BCUT2D eigenvalue weighted by atomic mass is 79.9. The number of halogens is 1. The predicted octanol–water partition coefficient (Wildman–Crippen LogP) is 1.03. The number of benzene rings is 2. The summed E-state index contributed by atoms with van der Waals surface area (Å²) in [6.45, 7) is 6.03. The van der Waals surface area contributed by atoms with Gasteiger partial charge in [-0.3, -0.25) is 4.79 Å². The van der Waals surface area contributed by atoms with Gasteiger partial charge in [-0.1, -0.05) is 38.0 Å². The van der Waals surface area contributed by atoms with Crippen molar-refractivity contribution in [1.29, 1.82) is 0 Å². The van der Waals surface area contributed by atoms with E-state index in [2.05, 4.69) is 22.1 Å². The highest BCUT2D eigenvalue weighted by Crippen LogP contribution is 2.31. The third-order valence-electron chi connectivity index (χ3n) is 5.41. The van der Waals surface area contributed by atoms with Crippen molar-refractivity contribution < 1.29 is 35.9 Å². The Bertz CT molecular complexity index is 1150. The van der Waals surface area contributed by atoms with Gasteiger partial charge in [0.25, 0.3) is 0 Å². The Hall–Kier alpha value is -3.13. The van der Waals surface area contributed by atoms with E-state index < -0.39 is 5.41 Å². The molecule has 0 aliphatic heterocycles. The maximum absolute atomic E-state index is 12.8. The molecule has 34 heavy (non-hydrogen) atoms. The van der Waals surface area contributed by atoms with Crippen LogP contribution in [0.2, 0.25) is 0 Å². The molecule has 0 aliphatic rings. The van der Waals surface area contributed by atoms with Crippen molar-refractivity contribution in [2.45, 2.75) is 27.3 Å². The number of rotatable bonds is 8. The molecule has 0 radical (unpaired) electrons. The van der Waals surface area contributed by atoms with Crippen LogP contribution in [-0.2, 0) is 11.3 Å². The Balaban J connectivity index is 0.00000408. The lowest BCUT2D eigenvalue weighted by Crippen LogP contribution is -3.00. The van der Waals surface area contributed by atoms with E-state index in [4.69, 9.17) is 9.47 Å². The number of ether oxygens (including phenoxy) is 2. The first-order valence-electron chi connectivity index (χ1n) is 10.8. The molecule has 0 N–H and O–H groups in total. The summed E-state index contributed by atoms with van der Waals surface area (Å²) in [7, 11) is 7.23. The predicted molar refractivity (Wildman–Crippen MR) is 131 cm³/mol. The average molecular weight is 529 g/mol. The molecule has 0 atom stereocenters. The SMILES string of the molecule is COc1ccc(-c2n(CC(=O)C(C)(C)C)cc[n+]2N=Cc2ccc(N(C)C)cc2)cc1OC.[Br-]. The molecule has 3 aromatic rings. The average Bonchev–Trinajstić information content (AvgIpc) is 3.19. The van der Waals surface area contributed by atoms with Crippen LogP contribution in [-0.4, -0.2) is 44.9 Å². The number of hydrogen-bond donors (Lipinski definition) is 0. The van der Waals surface area contributed by atoms with Gasteiger partial charge in [-0.25, -0.2) is 4.57 Å². The Morgan fingerprint density at radius 1 is 1.06 bits per heavy atom. The number of aromatic nitrogens is 2. The summed E-state index contributed by atoms with van der Waals surface area (Å²) in [6, 6.07) is 13.8. The van der Waals surface area contributed by atoms with E-state index in [1.807, 2.05) is 82.2 Å². The van der Waals surface area contributed by atoms with E-state index in [9.17, 15) is 4.79 Å². The van der Waals surface area contributed by atoms with Crippen LogP contribution in [0.3, 0.4) is 0 Å². The second kappa shape index (κ2) is 11.3. The number of imidazole rings is 1. The molecule has 0 saturated carbocycles. The molecule has 1 aromatic heterocycles. The van der Waals surface area contributed by atoms with Crippen LogP contribution >= 0.6 is 0 Å². The highest BCUT2D eigenvalue weighted by Gasteiger charge is 2.28. The number of anilines is 1. The maximum atomic E-state index is 12.8. The minimum atomic E-state index is -0.443. The van der Waals surface area contributed by atoms with E-state index in [1.54, 1.807) is 25.1 Å². The summed E-state index contributed by atoms with van der Waals surface area (Å²) in [5.74, 6) is 2.16. The molecule has 2 aromatic carbocycles. The standard InChI is InChI=1S/C26H33N4O3.BrH/c1-26(2,3)24(31)18-29-14-15-30(27-17-19-8-11-21(12-9-19)28(4)5)25(29)20-10-13-22(32-6)23(16-20)33-7;/h8-17H,18H2,1-7H3;1H/q+1;/p-1. The Morgan fingerprint density at radius 3 is 2.26 bits per heavy atom. The topological polar surface area (TPSA) is 59.9 Å². The van der Waals surface area contributed by atoms with Crippen LogP contribution < -0.4 is 36.0 Å². The molecule has 0 unspecified atom stereocenters. The second-order valence-corrected chi connectivity index (χ2v) is 9.07. The van der Waals surface area contributed by atoms with Crippen molar-refractivity contribution in [3.8, 4) is 22.9 Å². The van der Waals surface area contributed by atoms with Crippen LogP contribution in [0.25, 0.3) is 11.4 Å². The highest BCUT2D eigenvalue weighted by molar-refractivity contribution is 5.84. The maximum Gasteiger partial charge on any atom is 0.314 e. The fourth-order valence-corrected chi connectivity index (χ4v) is 3.29. The molecule has 0 aliphatic carbocycles. The molecule has 8 heteroatoms. The third kappa shape index (κ3) is 6.26. The van der Waals surface area contributed by atoms with Crippen molar-refractivity contribution in [2.75, 3.05) is 33.2 Å². The first-order valence-corrected chi connectivity index (χ1v) is 10.8. The lowest BCUT2D eigenvalue weighted by atomic mass is 9.91. The molecule has 3 rings (SSSR count). The lowest BCUT2D eigenvalue weighted by molar-refractivity contribution is -0.666. The zero-order chi connectivity index (χ0) is 24.2.